The standard InChI is InChI=1S/C25H25N3O5S/c1-3-31-23-16-18(15-19(17-26)24(29)28-25-27-11-14-34-25)9-10-22(23)33-13-6-12-32-21-8-5-4-7-20(21)30-2/h4-5,7-11,14-16H,3,6,12-13H2,1-2H3,(H,27,28,29)/b19-15-. The first-order valence-electron chi connectivity index (χ1n) is 10.6. The second-order valence-corrected chi connectivity index (χ2v) is 7.70. The number of ether oxygens (including phenoxy) is 4. The molecule has 1 heterocycles. The number of nitriles is 1. The van der Waals surface area contributed by atoms with E-state index in [1.807, 2.05) is 37.3 Å². The third-order valence-corrected chi connectivity index (χ3v) is 5.16. The minimum Gasteiger partial charge on any atom is -0.493 e. The van der Waals surface area contributed by atoms with E-state index >= 15 is 0 Å². The third kappa shape index (κ3) is 6.98. The molecule has 8 nitrogen and oxygen atoms in total. The predicted molar refractivity (Wildman–Crippen MR) is 131 cm³/mol. The van der Waals surface area contributed by atoms with Crippen molar-refractivity contribution in [3.63, 3.8) is 0 Å². The van der Waals surface area contributed by atoms with Gasteiger partial charge in [0.15, 0.2) is 28.1 Å². The number of carbonyl (C=O) groups is 1. The Kier molecular flexibility index (Phi) is 9.31. The summed E-state index contributed by atoms with van der Waals surface area (Å²) in [5.41, 5.74) is 0.598. The van der Waals surface area contributed by atoms with Crippen LogP contribution in [-0.4, -0.2) is 37.8 Å². The van der Waals surface area contributed by atoms with Crippen LogP contribution in [0, 0.1) is 11.3 Å². The van der Waals surface area contributed by atoms with Crippen molar-refractivity contribution in [1.82, 2.24) is 4.98 Å². The number of benzene rings is 2. The molecule has 9 heteroatoms. The zero-order chi connectivity index (χ0) is 24.2. The average molecular weight is 480 g/mol. The molecule has 0 aliphatic heterocycles. The number of thiazole rings is 1. The van der Waals surface area contributed by atoms with E-state index in [1.54, 1.807) is 36.9 Å². The van der Waals surface area contributed by atoms with Gasteiger partial charge in [0.05, 0.1) is 26.9 Å². The number of para-hydroxylation sites is 2. The Labute approximate surface area is 202 Å². The van der Waals surface area contributed by atoms with Crippen molar-refractivity contribution in [1.29, 1.82) is 5.26 Å². The molecule has 176 valence electrons. The molecule has 0 fully saturated rings. The molecule has 1 aromatic heterocycles. The summed E-state index contributed by atoms with van der Waals surface area (Å²) in [4.78, 5) is 16.4. The lowest BCUT2D eigenvalue weighted by Crippen LogP contribution is -2.13. The number of hydrogen-bond acceptors (Lipinski definition) is 8. The van der Waals surface area contributed by atoms with Gasteiger partial charge in [-0.25, -0.2) is 4.98 Å². The van der Waals surface area contributed by atoms with Gasteiger partial charge >= 0.3 is 0 Å². The van der Waals surface area contributed by atoms with Crippen LogP contribution in [0.1, 0.15) is 18.9 Å². The van der Waals surface area contributed by atoms with Crippen LogP contribution in [0.25, 0.3) is 6.08 Å². The summed E-state index contributed by atoms with van der Waals surface area (Å²) in [5.74, 6) is 1.94. The monoisotopic (exact) mass is 479 g/mol. The minimum absolute atomic E-state index is 0.0418. The van der Waals surface area contributed by atoms with E-state index in [0.717, 1.165) is 0 Å². The van der Waals surface area contributed by atoms with Gasteiger partial charge in [0.25, 0.3) is 5.91 Å². The highest BCUT2D eigenvalue weighted by Crippen LogP contribution is 2.30. The normalized spacial score (nSPS) is 10.8. The number of anilines is 1. The van der Waals surface area contributed by atoms with Gasteiger partial charge in [0, 0.05) is 18.0 Å². The van der Waals surface area contributed by atoms with Crippen LogP contribution in [0.4, 0.5) is 5.13 Å². The molecule has 0 aliphatic carbocycles. The number of amides is 1. The SMILES string of the molecule is CCOc1cc(/C=C(/C#N)C(=O)Nc2nccs2)ccc1OCCCOc1ccccc1OC. The van der Waals surface area contributed by atoms with Gasteiger partial charge in [-0.3, -0.25) is 10.1 Å². The maximum atomic E-state index is 12.4. The summed E-state index contributed by atoms with van der Waals surface area (Å²) in [6, 6.07) is 14.7. The topological polar surface area (TPSA) is 103 Å². The van der Waals surface area contributed by atoms with Gasteiger partial charge in [-0.1, -0.05) is 18.2 Å². The average Bonchev–Trinajstić information content (AvgIpc) is 3.36. The molecule has 0 saturated carbocycles. The molecule has 0 bridgehead atoms. The van der Waals surface area contributed by atoms with E-state index < -0.39 is 5.91 Å². The molecule has 34 heavy (non-hydrogen) atoms. The molecule has 1 amide bonds. The molecule has 1 N–H and O–H groups in total. The molecule has 0 radical (unpaired) electrons. The first-order valence-corrected chi connectivity index (χ1v) is 11.5. The van der Waals surface area contributed by atoms with Crippen molar-refractivity contribution >= 4 is 28.5 Å². The Bertz CT molecular complexity index is 1160. The largest absolute Gasteiger partial charge is 0.493 e. The van der Waals surface area contributed by atoms with Crippen molar-refractivity contribution in [3.05, 3.63) is 65.2 Å². The number of hydrogen-bond donors (Lipinski definition) is 1. The summed E-state index contributed by atoms with van der Waals surface area (Å²) in [5, 5.41) is 14.2. The van der Waals surface area contributed by atoms with Crippen LogP contribution in [-0.2, 0) is 4.79 Å². The number of rotatable bonds is 12. The molecule has 0 aliphatic rings. The molecule has 0 spiro atoms. The summed E-state index contributed by atoms with van der Waals surface area (Å²) < 4.78 is 22.6. The quantitative estimate of drug-likeness (QED) is 0.223. The zero-order valence-corrected chi connectivity index (χ0v) is 19.8. The third-order valence-electron chi connectivity index (χ3n) is 4.47. The van der Waals surface area contributed by atoms with E-state index in [-0.39, 0.29) is 5.57 Å². The van der Waals surface area contributed by atoms with Crippen LogP contribution in [0.3, 0.4) is 0 Å². The number of nitrogens with one attached hydrogen (secondary N) is 1. The maximum Gasteiger partial charge on any atom is 0.268 e. The smallest absolute Gasteiger partial charge is 0.268 e. The van der Waals surface area contributed by atoms with Crippen LogP contribution in [0.5, 0.6) is 23.0 Å². The number of methoxy groups -OCH3 is 1. The first-order chi connectivity index (χ1) is 16.6. The van der Waals surface area contributed by atoms with E-state index in [9.17, 15) is 10.1 Å². The van der Waals surface area contributed by atoms with Gasteiger partial charge in [0.1, 0.15) is 11.6 Å². The van der Waals surface area contributed by atoms with Crippen molar-refractivity contribution in [2.75, 3.05) is 32.2 Å². The van der Waals surface area contributed by atoms with E-state index in [2.05, 4.69) is 10.3 Å². The number of aromatic nitrogens is 1. The molecular formula is C25H25N3O5S. The predicted octanol–water partition coefficient (Wildman–Crippen LogP) is 4.94. The van der Waals surface area contributed by atoms with E-state index in [4.69, 9.17) is 18.9 Å². The van der Waals surface area contributed by atoms with E-state index in [1.165, 1.54) is 17.4 Å². The Morgan fingerprint density at radius 2 is 1.82 bits per heavy atom. The summed E-state index contributed by atoms with van der Waals surface area (Å²) >= 11 is 1.28. The van der Waals surface area contributed by atoms with Crippen molar-refractivity contribution < 1.29 is 23.7 Å². The lowest BCUT2D eigenvalue weighted by molar-refractivity contribution is -0.112. The molecule has 0 unspecified atom stereocenters. The van der Waals surface area contributed by atoms with Crippen molar-refractivity contribution in [2.24, 2.45) is 0 Å². The molecule has 3 aromatic rings. The van der Waals surface area contributed by atoms with Crippen LogP contribution >= 0.6 is 11.3 Å². The highest BCUT2D eigenvalue weighted by atomic mass is 32.1. The molecule has 0 saturated heterocycles. The Morgan fingerprint density at radius 1 is 1.09 bits per heavy atom. The van der Waals surface area contributed by atoms with Gasteiger partial charge in [-0.15, -0.1) is 11.3 Å². The summed E-state index contributed by atoms with van der Waals surface area (Å²) in [6.07, 6.45) is 3.73. The van der Waals surface area contributed by atoms with Crippen LogP contribution < -0.4 is 24.3 Å². The molecular weight excluding hydrogens is 454 g/mol. The van der Waals surface area contributed by atoms with Gasteiger partial charge in [-0.05, 0) is 42.8 Å². The van der Waals surface area contributed by atoms with Crippen LogP contribution in [0.2, 0.25) is 0 Å². The molecule has 2 aromatic carbocycles. The maximum absolute atomic E-state index is 12.4. The lowest BCUT2D eigenvalue weighted by Gasteiger charge is -2.14. The Balaban J connectivity index is 1.60. The van der Waals surface area contributed by atoms with Gasteiger partial charge < -0.3 is 18.9 Å². The van der Waals surface area contributed by atoms with E-state index in [0.29, 0.717) is 59.9 Å². The highest BCUT2D eigenvalue weighted by Gasteiger charge is 2.12. The molecule has 0 atom stereocenters. The summed E-state index contributed by atoms with van der Waals surface area (Å²) in [7, 11) is 1.60. The Hall–Kier alpha value is -4.03. The van der Waals surface area contributed by atoms with Crippen molar-refractivity contribution in [2.45, 2.75) is 13.3 Å². The fourth-order valence-corrected chi connectivity index (χ4v) is 3.45. The van der Waals surface area contributed by atoms with Crippen LogP contribution in [0.15, 0.2) is 59.6 Å². The second-order valence-electron chi connectivity index (χ2n) is 6.80. The minimum atomic E-state index is -0.522. The Morgan fingerprint density at radius 3 is 2.47 bits per heavy atom. The zero-order valence-electron chi connectivity index (χ0n) is 18.9. The molecule has 3 rings (SSSR count). The lowest BCUT2D eigenvalue weighted by atomic mass is 10.1. The first kappa shape index (κ1) is 24.6. The second kappa shape index (κ2) is 12.9. The van der Waals surface area contributed by atoms with Gasteiger partial charge in [-0.2, -0.15) is 5.26 Å². The fraction of sp³-hybridized carbons (Fsp3) is 0.240. The van der Waals surface area contributed by atoms with Gasteiger partial charge in [0.2, 0.25) is 0 Å². The fourth-order valence-electron chi connectivity index (χ4n) is 2.93. The highest BCUT2D eigenvalue weighted by molar-refractivity contribution is 7.13. The van der Waals surface area contributed by atoms with Crippen molar-refractivity contribution in [3.8, 4) is 29.1 Å². The summed E-state index contributed by atoms with van der Waals surface area (Å²) in [6.45, 7) is 3.20. The number of nitrogens with zero attached hydrogens (tertiary/aromatic N) is 2. The number of carbonyl (C=O) groups excluding carboxylic acids is 1.